The summed E-state index contributed by atoms with van der Waals surface area (Å²) in [6.07, 6.45) is 0. The average molecular weight is 490 g/mol. The molecule has 1 amide bonds. The number of nitrogens with two attached hydrogens (primary N) is 1. The van der Waals surface area contributed by atoms with E-state index in [-0.39, 0.29) is 12.5 Å². The summed E-state index contributed by atoms with van der Waals surface area (Å²) in [5, 5.41) is 11.1. The van der Waals surface area contributed by atoms with Crippen molar-refractivity contribution in [2.24, 2.45) is 0 Å². The van der Waals surface area contributed by atoms with Crippen molar-refractivity contribution in [3.05, 3.63) is 63.4 Å². The summed E-state index contributed by atoms with van der Waals surface area (Å²) in [6, 6.07) is 11.7. The molecule has 0 saturated carbocycles. The number of thioether (sulfide) groups is 1. The van der Waals surface area contributed by atoms with Crippen molar-refractivity contribution in [1.82, 2.24) is 14.9 Å². The van der Waals surface area contributed by atoms with Crippen molar-refractivity contribution in [2.75, 3.05) is 11.2 Å². The van der Waals surface area contributed by atoms with Gasteiger partial charge in [-0.05, 0) is 84.6 Å². The highest BCUT2D eigenvalue weighted by molar-refractivity contribution is 9.10. The minimum atomic E-state index is -0.419. The third kappa shape index (κ3) is 5.54. The number of carbonyl (C=O) groups is 1. The summed E-state index contributed by atoms with van der Waals surface area (Å²) in [7, 11) is 0. The Morgan fingerprint density at radius 2 is 1.87 bits per heavy atom. The molecule has 2 aromatic carbocycles. The average Bonchev–Trinajstić information content (AvgIpc) is 3.01. The van der Waals surface area contributed by atoms with Gasteiger partial charge in [-0.1, -0.05) is 23.9 Å². The Hall–Kier alpha value is -2.52. The van der Waals surface area contributed by atoms with Crippen molar-refractivity contribution < 1.29 is 9.53 Å². The van der Waals surface area contributed by atoms with Crippen LogP contribution in [0.1, 0.15) is 29.4 Å². The van der Waals surface area contributed by atoms with E-state index in [1.54, 1.807) is 6.92 Å². The van der Waals surface area contributed by atoms with Gasteiger partial charge in [0.15, 0.2) is 5.82 Å². The van der Waals surface area contributed by atoms with Crippen LogP contribution in [0.5, 0.6) is 5.75 Å². The van der Waals surface area contributed by atoms with E-state index in [0.717, 1.165) is 32.6 Å². The molecule has 1 aromatic heterocycles. The van der Waals surface area contributed by atoms with Gasteiger partial charge in [0.05, 0.1) is 10.9 Å². The van der Waals surface area contributed by atoms with Gasteiger partial charge in [-0.3, -0.25) is 4.79 Å². The number of aryl methyl sites for hydroxylation is 3. The number of aromatic nitrogens is 3. The summed E-state index contributed by atoms with van der Waals surface area (Å²) in [5.41, 5.74) is 4.06. The summed E-state index contributed by atoms with van der Waals surface area (Å²) in [6.45, 7) is 8.00. The van der Waals surface area contributed by atoms with E-state index in [0.29, 0.717) is 11.0 Å². The first kappa shape index (κ1) is 22.2. The number of ether oxygens (including phenoxy) is 1. The molecule has 1 heterocycles. The standard InChI is InChI=1S/C21H24BrN5O2S/c1-12-5-6-18(17(22)10-12)24-20(28)15(4)30-21-26-25-19(27(21)23)11-29-16-8-13(2)7-14(3)9-16/h5-10,15H,11,23H2,1-4H3,(H,24,28). The molecule has 3 N–H and O–H groups in total. The number of amides is 1. The Balaban J connectivity index is 1.61. The second kappa shape index (κ2) is 9.53. The highest BCUT2D eigenvalue weighted by atomic mass is 79.9. The fourth-order valence-electron chi connectivity index (χ4n) is 2.82. The number of benzene rings is 2. The Labute approximate surface area is 188 Å². The summed E-state index contributed by atoms with van der Waals surface area (Å²) in [4.78, 5) is 12.6. The second-order valence-corrected chi connectivity index (χ2v) is 9.28. The summed E-state index contributed by atoms with van der Waals surface area (Å²) < 4.78 is 8.00. The summed E-state index contributed by atoms with van der Waals surface area (Å²) >= 11 is 4.71. The van der Waals surface area contributed by atoms with Gasteiger partial charge in [0.25, 0.3) is 0 Å². The van der Waals surface area contributed by atoms with Gasteiger partial charge in [0.2, 0.25) is 11.1 Å². The van der Waals surface area contributed by atoms with E-state index in [2.05, 4.69) is 37.5 Å². The zero-order chi connectivity index (χ0) is 21.8. The van der Waals surface area contributed by atoms with E-state index in [1.165, 1.54) is 16.4 Å². The smallest absolute Gasteiger partial charge is 0.237 e. The number of anilines is 1. The van der Waals surface area contributed by atoms with Crippen LogP contribution in [0.3, 0.4) is 0 Å². The Kier molecular flexibility index (Phi) is 7.04. The molecule has 3 rings (SSSR count). The number of nitrogens with zero attached hydrogens (tertiary/aromatic N) is 3. The highest BCUT2D eigenvalue weighted by Gasteiger charge is 2.20. The van der Waals surface area contributed by atoms with Crippen molar-refractivity contribution in [2.45, 2.75) is 44.7 Å². The van der Waals surface area contributed by atoms with E-state index >= 15 is 0 Å². The van der Waals surface area contributed by atoms with Crippen LogP contribution < -0.4 is 15.9 Å². The predicted octanol–water partition coefficient (Wildman–Crippen LogP) is 4.38. The molecular weight excluding hydrogens is 466 g/mol. The van der Waals surface area contributed by atoms with Crippen LogP contribution in [0.15, 0.2) is 46.0 Å². The Bertz CT molecular complexity index is 1050. The SMILES string of the molecule is Cc1cc(C)cc(OCc2nnc(SC(C)C(=O)Nc3ccc(C)cc3Br)n2N)c1. The zero-order valence-corrected chi connectivity index (χ0v) is 19.7. The molecule has 7 nitrogen and oxygen atoms in total. The Morgan fingerprint density at radius 3 is 2.53 bits per heavy atom. The lowest BCUT2D eigenvalue weighted by Gasteiger charge is -2.13. The van der Waals surface area contributed by atoms with E-state index in [4.69, 9.17) is 10.6 Å². The highest BCUT2D eigenvalue weighted by Crippen LogP contribution is 2.26. The fraction of sp³-hybridized carbons (Fsp3) is 0.286. The van der Waals surface area contributed by atoms with Gasteiger partial charge in [-0.2, -0.15) is 0 Å². The molecule has 1 atom stereocenters. The number of carbonyl (C=O) groups excluding carboxylic acids is 1. The fourth-order valence-corrected chi connectivity index (χ4v) is 4.20. The van der Waals surface area contributed by atoms with Crippen LogP contribution in [0, 0.1) is 20.8 Å². The molecule has 0 bridgehead atoms. The van der Waals surface area contributed by atoms with Gasteiger partial charge in [-0.25, -0.2) is 4.68 Å². The first-order valence-corrected chi connectivity index (χ1v) is 11.0. The number of halogens is 1. The third-order valence-corrected chi connectivity index (χ3v) is 6.05. The summed E-state index contributed by atoms with van der Waals surface area (Å²) in [5.74, 6) is 7.20. The minimum absolute atomic E-state index is 0.152. The van der Waals surface area contributed by atoms with E-state index in [9.17, 15) is 4.79 Å². The lowest BCUT2D eigenvalue weighted by Crippen LogP contribution is -2.24. The number of hydrogen-bond donors (Lipinski definition) is 2. The maximum atomic E-state index is 12.6. The van der Waals surface area contributed by atoms with Crippen molar-refractivity contribution >= 4 is 39.3 Å². The number of hydrogen-bond acceptors (Lipinski definition) is 6. The first-order valence-electron chi connectivity index (χ1n) is 9.37. The molecule has 0 spiro atoms. The molecule has 0 fully saturated rings. The normalized spacial score (nSPS) is 11.9. The van der Waals surface area contributed by atoms with Gasteiger partial charge < -0.3 is 15.9 Å². The van der Waals surface area contributed by atoms with Crippen molar-refractivity contribution in [3.8, 4) is 5.75 Å². The molecule has 30 heavy (non-hydrogen) atoms. The van der Waals surface area contributed by atoms with Crippen LogP contribution in [0.25, 0.3) is 0 Å². The topological polar surface area (TPSA) is 95.1 Å². The predicted molar refractivity (Wildman–Crippen MR) is 123 cm³/mol. The molecule has 1 unspecified atom stereocenters. The number of rotatable bonds is 7. The van der Waals surface area contributed by atoms with Crippen molar-refractivity contribution in [1.29, 1.82) is 0 Å². The molecule has 0 aliphatic heterocycles. The van der Waals surface area contributed by atoms with Gasteiger partial charge in [0.1, 0.15) is 12.4 Å². The molecule has 0 aliphatic rings. The molecule has 0 radical (unpaired) electrons. The lowest BCUT2D eigenvalue weighted by molar-refractivity contribution is -0.115. The number of nitrogens with one attached hydrogen (secondary N) is 1. The lowest BCUT2D eigenvalue weighted by atomic mass is 10.1. The molecule has 3 aromatic rings. The second-order valence-electron chi connectivity index (χ2n) is 7.11. The monoisotopic (exact) mass is 489 g/mol. The van der Waals surface area contributed by atoms with Crippen molar-refractivity contribution in [3.63, 3.8) is 0 Å². The maximum Gasteiger partial charge on any atom is 0.237 e. The van der Waals surface area contributed by atoms with Gasteiger partial charge in [-0.15, -0.1) is 10.2 Å². The molecule has 9 heteroatoms. The van der Waals surface area contributed by atoms with Crippen LogP contribution in [0.4, 0.5) is 5.69 Å². The quantitative estimate of drug-likeness (QED) is 0.377. The van der Waals surface area contributed by atoms with E-state index in [1.807, 2.05) is 51.1 Å². The van der Waals surface area contributed by atoms with Gasteiger partial charge >= 0.3 is 0 Å². The van der Waals surface area contributed by atoms with Gasteiger partial charge in [0, 0.05) is 4.47 Å². The molecule has 158 valence electrons. The molecule has 0 aliphatic carbocycles. The van der Waals surface area contributed by atoms with Crippen LogP contribution in [-0.4, -0.2) is 26.0 Å². The van der Waals surface area contributed by atoms with Crippen LogP contribution in [-0.2, 0) is 11.4 Å². The molecule has 0 saturated heterocycles. The minimum Gasteiger partial charge on any atom is -0.486 e. The zero-order valence-electron chi connectivity index (χ0n) is 17.3. The maximum absolute atomic E-state index is 12.6. The third-order valence-electron chi connectivity index (χ3n) is 4.33. The first-order chi connectivity index (χ1) is 14.2. The van der Waals surface area contributed by atoms with Crippen LogP contribution >= 0.6 is 27.7 Å². The largest absolute Gasteiger partial charge is 0.486 e. The van der Waals surface area contributed by atoms with E-state index < -0.39 is 5.25 Å². The van der Waals surface area contributed by atoms with Crippen LogP contribution in [0.2, 0.25) is 0 Å². The Morgan fingerprint density at radius 1 is 1.17 bits per heavy atom. The molecular formula is C21H24BrN5O2S. The number of nitrogen functional groups attached to an aromatic ring is 1.